The van der Waals surface area contributed by atoms with Crippen LogP contribution in [0.3, 0.4) is 0 Å². The maximum atomic E-state index is 14.5. The number of piperidine rings is 1. The number of rotatable bonds is 8. The van der Waals surface area contributed by atoms with Crippen LogP contribution in [0.5, 0.6) is 0 Å². The van der Waals surface area contributed by atoms with E-state index >= 15 is 0 Å². The Balaban J connectivity index is 1.49. The Bertz CT molecular complexity index is 2050. The fraction of sp³-hybridized carbons (Fsp3) is 0.737. The molecule has 3 heterocycles. The number of carbonyl (C=O) groups is 5. The molecule has 410 valence electrons. The lowest BCUT2D eigenvalue weighted by molar-refractivity contribution is -0.265. The van der Waals surface area contributed by atoms with Gasteiger partial charge in [-0.05, 0) is 132 Å². The molecule has 73 heavy (non-hydrogen) atoms. The smallest absolute Gasteiger partial charge is 0.329 e. The van der Waals surface area contributed by atoms with E-state index in [2.05, 4.69) is 5.32 Å². The van der Waals surface area contributed by atoms with E-state index in [0.29, 0.717) is 76.2 Å². The van der Waals surface area contributed by atoms with Crippen LogP contribution < -0.4 is 5.32 Å². The molecular weight excluding hydrogens is 937 g/mol. The van der Waals surface area contributed by atoms with Gasteiger partial charge in [-0.25, -0.2) is 4.79 Å². The summed E-state index contributed by atoms with van der Waals surface area (Å²) >= 11 is 0. The maximum Gasteiger partial charge on any atom is 0.329 e. The van der Waals surface area contributed by atoms with E-state index in [4.69, 9.17) is 23.7 Å². The van der Waals surface area contributed by atoms with Gasteiger partial charge in [0, 0.05) is 70.2 Å². The molecule has 16 nitrogen and oxygen atoms in total. The molecule has 0 radical (unpaired) electrons. The van der Waals surface area contributed by atoms with Crippen molar-refractivity contribution in [2.45, 2.75) is 205 Å². The summed E-state index contributed by atoms with van der Waals surface area (Å²) in [6.07, 6.45) is 2.55. The number of ketones is 3. The first-order valence-corrected chi connectivity index (χ1v) is 26.9. The number of Topliss-reactive ketones (excluding diaryl/α,β-unsaturated/α-hetero) is 3. The van der Waals surface area contributed by atoms with Crippen LogP contribution in [0.2, 0.25) is 0 Å². The summed E-state index contributed by atoms with van der Waals surface area (Å²) in [5, 5.41) is 49.4. The molecule has 2 bridgehead atoms. The van der Waals surface area contributed by atoms with Gasteiger partial charge >= 0.3 is 5.97 Å². The monoisotopic (exact) mass is 1020 g/mol. The molecule has 17 atom stereocenters. The van der Waals surface area contributed by atoms with E-state index in [0.717, 1.165) is 11.3 Å². The van der Waals surface area contributed by atoms with Gasteiger partial charge in [-0.1, -0.05) is 65.0 Å². The number of methoxy groups -OCH3 is 3. The van der Waals surface area contributed by atoms with E-state index in [1.54, 1.807) is 40.0 Å². The molecule has 5 rings (SSSR count). The molecule has 3 fully saturated rings. The molecule has 2 saturated heterocycles. The number of carbonyl (C=O) groups excluding carboxylic acids is 5. The molecule has 0 aromatic heterocycles. The van der Waals surface area contributed by atoms with Crippen molar-refractivity contribution in [3.8, 4) is 0 Å². The van der Waals surface area contributed by atoms with Crippen molar-refractivity contribution in [1.29, 1.82) is 0 Å². The van der Waals surface area contributed by atoms with E-state index in [1.807, 2.05) is 58.0 Å². The van der Waals surface area contributed by atoms with Gasteiger partial charge < -0.3 is 54.3 Å². The van der Waals surface area contributed by atoms with Crippen molar-refractivity contribution < 1.29 is 68.1 Å². The number of para-hydroxylation sites is 1. The molecule has 5 N–H and O–H groups in total. The number of benzene rings is 1. The largest absolute Gasteiger partial charge is 0.460 e. The third-order valence-corrected chi connectivity index (χ3v) is 16.5. The Kier molecular flexibility index (Phi) is 22.8. The number of esters is 1. The number of nitrogens with one attached hydrogen (secondary N) is 1. The van der Waals surface area contributed by atoms with Gasteiger partial charge in [-0.15, -0.1) is 0 Å². The molecule has 16 heteroatoms. The second-order valence-electron chi connectivity index (χ2n) is 22.1. The highest BCUT2D eigenvalue weighted by Crippen LogP contribution is 2.38. The van der Waals surface area contributed by atoms with Crippen molar-refractivity contribution in [3.63, 3.8) is 0 Å². The topological polar surface area (TPSA) is 228 Å². The average Bonchev–Trinajstić information content (AvgIpc) is 3.37. The number of hydrogen-bond donors (Lipinski definition) is 5. The van der Waals surface area contributed by atoms with Crippen molar-refractivity contribution in [2.75, 3.05) is 33.2 Å². The summed E-state index contributed by atoms with van der Waals surface area (Å²) in [5.74, 6) is -8.48. The van der Waals surface area contributed by atoms with Crippen LogP contribution in [0.4, 0.5) is 5.69 Å². The predicted octanol–water partition coefficient (Wildman–Crippen LogP) is 6.69. The number of allylic oxidation sites excluding steroid dienone is 1. The number of hydrogen-bond acceptors (Lipinski definition) is 15. The molecule has 1 aromatic carbocycles. The Labute approximate surface area is 434 Å². The normalized spacial score (nSPS) is 37.4. The maximum absolute atomic E-state index is 14.5. The predicted molar refractivity (Wildman–Crippen MR) is 276 cm³/mol. The number of fused-ring (bicyclic) bond motifs is 3. The Morgan fingerprint density at radius 2 is 1.52 bits per heavy atom. The fourth-order valence-electron chi connectivity index (χ4n) is 11.7. The number of aliphatic hydroxyl groups is 4. The van der Waals surface area contributed by atoms with Crippen LogP contribution in [-0.4, -0.2) is 149 Å². The SMILES string of the molecule is CO[C@H]1C[C@@H]2CC[C@@H](C)[C@@](O)(O2)C(=O)C(=O)N2CCCC[C@H]2C(=O)O[C@H]([C@H](C)C[C@@H]2CC[C@@H](O)[C@H](OC)C2)CC(=O)[C@H](C)C=C(C)[C@@H](O)[C@@H](OC)C(=O)[C@H](C)C[C@H](C)[C@@H](Nc2ccccc2)CC[C@@H](O)C=C1C. The van der Waals surface area contributed by atoms with Gasteiger partial charge in [0.15, 0.2) is 5.78 Å². The Hall–Kier alpha value is -3.87. The molecule has 1 aliphatic carbocycles. The minimum atomic E-state index is -2.49. The number of anilines is 1. The average molecular weight is 1030 g/mol. The number of nitrogens with zero attached hydrogens (tertiary/aromatic N) is 1. The van der Waals surface area contributed by atoms with Crippen LogP contribution in [0.15, 0.2) is 53.6 Å². The van der Waals surface area contributed by atoms with Gasteiger partial charge in [0.1, 0.15) is 30.1 Å². The molecular formula is C57H88N2O14. The summed E-state index contributed by atoms with van der Waals surface area (Å²) in [4.78, 5) is 72.8. The summed E-state index contributed by atoms with van der Waals surface area (Å²) < 4.78 is 29.7. The Morgan fingerprint density at radius 1 is 0.808 bits per heavy atom. The highest BCUT2D eigenvalue weighted by molar-refractivity contribution is 6.39. The van der Waals surface area contributed by atoms with Crippen LogP contribution in [0, 0.1) is 35.5 Å². The van der Waals surface area contributed by atoms with E-state index in [1.165, 1.54) is 19.1 Å². The standard InChI is InChI=1S/C57H88N2O14/c1-33-26-37(5)51(63)53(71-10)52(64)38(6)27-34(2)47(62)32-49(35(3)28-40-20-24-46(61)50(30-40)70-9)72-56(67)45-18-14-15-25-59(45)55(66)54(65)57(68)39(7)19-22-43(73-57)31-48(69-8)36(4)29-42(60)21-23-44(33)58-41-16-12-11-13-17-41/h11-13,16-17,27,29,33-35,37,39-40,42-46,48-50,52-53,58,60-61,64,68H,14-15,18-26,28,30-32H2,1-10H3/t33-,34+,35+,37+,39+,40-,42+,43-,44-,45-,46+,48-,49-,50+,52+,53-,57+/m0/s1. The molecule has 1 aromatic rings. The van der Waals surface area contributed by atoms with Gasteiger partial charge in [0.25, 0.3) is 11.7 Å². The number of ether oxygens (including phenoxy) is 5. The quantitative estimate of drug-likeness (QED) is 0.104. The Morgan fingerprint density at radius 3 is 2.19 bits per heavy atom. The zero-order valence-corrected chi connectivity index (χ0v) is 45.2. The lowest BCUT2D eigenvalue weighted by atomic mass is 9.78. The van der Waals surface area contributed by atoms with Gasteiger partial charge in [-0.3, -0.25) is 19.2 Å². The third-order valence-electron chi connectivity index (χ3n) is 16.5. The number of aliphatic hydroxyl groups excluding tert-OH is 3. The van der Waals surface area contributed by atoms with Gasteiger partial charge in [-0.2, -0.15) is 0 Å². The number of amides is 1. The zero-order chi connectivity index (χ0) is 53.7. The van der Waals surface area contributed by atoms with Crippen molar-refractivity contribution in [2.24, 2.45) is 35.5 Å². The first kappa shape index (κ1) is 60.0. The number of cyclic esters (lactones) is 1. The summed E-state index contributed by atoms with van der Waals surface area (Å²) in [6, 6.07) is 8.36. The molecule has 0 spiro atoms. The second-order valence-corrected chi connectivity index (χ2v) is 22.1. The van der Waals surface area contributed by atoms with Crippen LogP contribution >= 0.6 is 0 Å². The van der Waals surface area contributed by atoms with E-state index in [-0.39, 0.29) is 67.3 Å². The van der Waals surface area contributed by atoms with E-state index < -0.39 is 90.0 Å². The molecule has 3 aliphatic heterocycles. The highest BCUT2D eigenvalue weighted by atomic mass is 16.6. The summed E-state index contributed by atoms with van der Waals surface area (Å²) in [7, 11) is 4.47. The van der Waals surface area contributed by atoms with Crippen molar-refractivity contribution in [3.05, 3.63) is 53.6 Å². The van der Waals surface area contributed by atoms with Crippen LogP contribution in [0.1, 0.15) is 138 Å². The molecule has 4 aliphatic rings. The highest BCUT2D eigenvalue weighted by Gasteiger charge is 2.53. The van der Waals surface area contributed by atoms with Crippen molar-refractivity contribution >= 4 is 34.9 Å². The van der Waals surface area contributed by atoms with Crippen LogP contribution in [0.25, 0.3) is 0 Å². The minimum absolute atomic E-state index is 0.0629. The summed E-state index contributed by atoms with van der Waals surface area (Å²) in [6.45, 7) is 12.7. The third kappa shape index (κ3) is 15.8. The molecule has 0 unspecified atom stereocenters. The minimum Gasteiger partial charge on any atom is -0.460 e. The van der Waals surface area contributed by atoms with Crippen molar-refractivity contribution in [1.82, 2.24) is 4.90 Å². The first-order chi connectivity index (χ1) is 34.6. The van der Waals surface area contributed by atoms with Crippen LogP contribution in [-0.2, 0) is 47.7 Å². The first-order valence-electron chi connectivity index (χ1n) is 26.9. The summed E-state index contributed by atoms with van der Waals surface area (Å²) in [5.41, 5.74) is 1.97. The molecule has 1 saturated carbocycles. The fourth-order valence-corrected chi connectivity index (χ4v) is 11.7. The van der Waals surface area contributed by atoms with Gasteiger partial charge in [0.2, 0.25) is 5.79 Å². The zero-order valence-electron chi connectivity index (χ0n) is 45.2. The molecule has 1 amide bonds. The van der Waals surface area contributed by atoms with E-state index in [9.17, 15) is 44.4 Å². The lowest BCUT2D eigenvalue weighted by Crippen LogP contribution is -2.61. The lowest BCUT2D eigenvalue weighted by Gasteiger charge is -2.42. The van der Waals surface area contributed by atoms with Gasteiger partial charge in [0.05, 0.1) is 30.5 Å². The second kappa shape index (κ2) is 27.8.